The molecule has 0 saturated heterocycles. The third-order valence-electron chi connectivity index (χ3n) is 2.64. The highest BCUT2D eigenvalue weighted by Gasteiger charge is 2.03. The van der Waals surface area contributed by atoms with Crippen LogP contribution in [0.15, 0.2) is 35.8 Å². The highest BCUT2D eigenvalue weighted by Crippen LogP contribution is 2.23. The van der Waals surface area contributed by atoms with Crippen LogP contribution in [0.3, 0.4) is 0 Å². The van der Waals surface area contributed by atoms with Crippen LogP contribution in [0.5, 0.6) is 0 Å². The van der Waals surface area contributed by atoms with E-state index in [1.54, 1.807) is 16.0 Å². The number of rotatable bonds is 3. The molecule has 0 amide bonds. The summed E-state index contributed by atoms with van der Waals surface area (Å²) >= 11 is 1.74. The zero-order valence-corrected chi connectivity index (χ0v) is 10.0. The lowest BCUT2D eigenvalue weighted by molar-refractivity contribution is 0.795. The molecule has 2 N–H and O–H groups in total. The van der Waals surface area contributed by atoms with Crippen molar-refractivity contribution in [3.8, 4) is 5.69 Å². The van der Waals surface area contributed by atoms with E-state index in [9.17, 15) is 0 Å². The largest absolute Gasteiger partial charge is 0.330 e. The lowest BCUT2D eigenvalue weighted by atomic mass is 10.2. The Kier molecular flexibility index (Phi) is 2.62. The van der Waals surface area contributed by atoms with Crippen molar-refractivity contribution in [1.82, 2.24) is 15.0 Å². The first-order valence-electron chi connectivity index (χ1n) is 5.46. The van der Waals surface area contributed by atoms with Crippen LogP contribution in [0.2, 0.25) is 0 Å². The van der Waals surface area contributed by atoms with Crippen molar-refractivity contribution in [2.75, 3.05) is 6.54 Å². The second-order valence-electron chi connectivity index (χ2n) is 3.84. The fraction of sp³-hybridized carbons (Fsp3) is 0.167. The molecule has 4 nitrogen and oxygen atoms in total. The molecule has 0 saturated carbocycles. The summed E-state index contributed by atoms with van der Waals surface area (Å²) in [6, 6.07) is 8.40. The summed E-state index contributed by atoms with van der Waals surface area (Å²) in [7, 11) is 0. The molecule has 0 unspecified atom stereocenters. The van der Waals surface area contributed by atoms with E-state index in [2.05, 4.69) is 40.0 Å². The van der Waals surface area contributed by atoms with Gasteiger partial charge in [-0.1, -0.05) is 5.21 Å². The molecule has 1 aromatic carbocycles. The molecule has 5 heteroatoms. The SMILES string of the molecule is NCCc1cn(-c2ccc3sccc3c2)nn1. The van der Waals surface area contributed by atoms with Crippen molar-refractivity contribution in [3.63, 3.8) is 0 Å². The first-order chi connectivity index (χ1) is 8.36. The summed E-state index contributed by atoms with van der Waals surface area (Å²) in [5.41, 5.74) is 7.46. The number of nitrogens with zero attached hydrogens (tertiary/aromatic N) is 3. The Morgan fingerprint density at radius 1 is 1.29 bits per heavy atom. The minimum absolute atomic E-state index is 0.599. The van der Waals surface area contributed by atoms with Crippen molar-refractivity contribution in [2.24, 2.45) is 5.73 Å². The van der Waals surface area contributed by atoms with E-state index in [0.29, 0.717) is 6.54 Å². The molecular weight excluding hydrogens is 232 g/mol. The Morgan fingerprint density at radius 2 is 2.24 bits per heavy atom. The van der Waals surface area contributed by atoms with Crippen LogP contribution in [0.1, 0.15) is 5.69 Å². The van der Waals surface area contributed by atoms with Crippen LogP contribution in [0.25, 0.3) is 15.8 Å². The van der Waals surface area contributed by atoms with Gasteiger partial charge in [0, 0.05) is 11.1 Å². The molecule has 0 aliphatic rings. The van der Waals surface area contributed by atoms with E-state index >= 15 is 0 Å². The summed E-state index contributed by atoms with van der Waals surface area (Å²) in [5.74, 6) is 0. The van der Waals surface area contributed by atoms with Gasteiger partial charge in [0.25, 0.3) is 0 Å². The summed E-state index contributed by atoms with van der Waals surface area (Å²) in [6.45, 7) is 0.599. The summed E-state index contributed by atoms with van der Waals surface area (Å²) in [6.07, 6.45) is 2.70. The van der Waals surface area contributed by atoms with Gasteiger partial charge in [-0.3, -0.25) is 0 Å². The molecule has 0 atom stereocenters. The molecule has 86 valence electrons. The first-order valence-corrected chi connectivity index (χ1v) is 6.34. The fourth-order valence-corrected chi connectivity index (χ4v) is 2.55. The molecule has 0 radical (unpaired) electrons. The summed E-state index contributed by atoms with van der Waals surface area (Å²) < 4.78 is 3.08. The number of hydrogen-bond donors (Lipinski definition) is 1. The molecule has 2 aromatic heterocycles. The number of nitrogens with two attached hydrogens (primary N) is 1. The Bertz CT molecular complexity index is 641. The van der Waals surface area contributed by atoms with E-state index in [0.717, 1.165) is 17.8 Å². The lowest BCUT2D eigenvalue weighted by Gasteiger charge is -1.99. The number of benzene rings is 1. The van der Waals surface area contributed by atoms with E-state index in [1.807, 2.05) is 6.20 Å². The third-order valence-corrected chi connectivity index (χ3v) is 3.54. The molecular formula is C12H12N4S. The standard InChI is InChI=1S/C12H12N4S/c13-5-3-10-8-16(15-14-10)11-1-2-12-9(7-11)4-6-17-12/h1-2,4,6-8H,3,5,13H2. The number of fused-ring (bicyclic) bond motifs is 1. The third kappa shape index (κ3) is 1.94. The minimum atomic E-state index is 0.599. The Hall–Kier alpha value is -1.72. The molecule has 0 bridgehead atoms. The van der Waals surface area contributed by atoms with Gasteiger partial charge < -0.3 is 5.73 Å². The van der Waals surface area contributed by atoms with Crippen molar-refractivity contribution in [2.45, 2.75) is 6.42 Å². The van der Waals surface area contributed by atoms with Crippen LogP contribution in [-0.4, -0.2) is 21.5 Å². The number of aromatic nitrogens is 3. The molecule has 0 fully saturated rings. The maximum absolute atomic E-state index is 5.49. The van der Waals surface area contributed by atoms with Crippen molar-refractivity contribution in [1.29, 1.82) is 0 Å². The van der Waals surface area contributed by atoms with E-state index in [4.69, 9.17) is 5.73 Å². The Labute approximate surface area is 103 Å². The summed E-state index contributed by atoms with van der Waals surface area (Å²) in [4.78, 5) is 0. The van der Waals surface area contributed by atoms with Crippen molar-refractivity contribution >= 4 is 21.4 Å². The maximum Gasteiger partial charge on any atom is 0.0844 e. The number of hydrogen-bond acceptors (Lipinski definition) is 4. The van der Waals surface area contributed by atoms with Gasteiger partial charge >= 0.3 is 0 Å². The van der Waals surface area contributed by atoms with Gasteiger partial charge in [0.05, 0.1) is 17.6 Å². The van der Waals surface area contributed by atoms with Crippen LogP contribution in [-0.2, 0) is 6.42 Å². The van der Waals surface area contributed by atoms with Gasteiger partial charge in [-0.15, -0.1) is 16.4 Å². The first kappa shape index (κ1) is 10.4. The predicted octanol–water partition coefficient (Wildman–Crippen LogP) is 1.98. The van der Waals surface area contributed by atoms with E-state index in [1.165, 1.54) is 10.1 Å². The molecule has 0 aliphatic carbocycles. The monoisotopic (exact) mass is 244 g/mol. The fourth-order valence-electron chi connectivity index (χ4n) is 1.78. The predicted molar refractivity (Wildman–Crippen MR) is 69.5 cm³/mol. The van der Waals surface area contributed by atoms with Crippen LogP contribution in [0, 0.1) is 0 Å². The smallest absolute Gasteiger partial charge is 0.0844 e. The summed E-state index contributed by atoms with van der Waals surface area (Å²) in [5, 5.41) is 11.5. The second kappa shape index (κ2) is 4.27. The van der Waals surface area contributed by atoms with Gasteiger partial charge in [0.15, 0.2) is 0 Å². The van der Waals surface area contributed by atoms with E-state index < -0.39 is 0 Å². The van der Waals surface area contributed by atoms with Gasteiger partial charge in [0.1, 0.15) is 0 Å². The average molecular weight is 244 g/mol. The molecule has 0 spiro atoms. The minimum Gasteiger partial charge on any atom is -0.330 e. The van der Waals surface area contributed by atoms with Crippen LogP contribution in [0.4, 0.5) is 0 Å². The van der Waals surface area contributed by atoms with Gasteiger partial charge in [-0.25, -0.2) is 4.68 Å². The van der Waals surface area contributed by atoms with E-state index in [-0.39, 0.29) is 0 Å². The van der Waals surface area contributed by atoms with Crippen molar-refractivity contribution in [3.05, 3.63) is 41.5 Å². The second-order valence-corrected chi connectivity index (χ2v) is 4.78. The molecule has 3 aromatic rings. The highest BCUT2D eigenvalue weighted by molar-refractivity contribution is 7.17. The molecule has 17 heavy (non-hydrogen) atoms. The van der Waals surface area contributed by atoms with Crippen molar-refractivity contribution < 1.29 is 0 Å². The van der Waals surface area contributed by atoms with Gasteiger partial charge in [-0.2, -0.15) is 0 Å². The Morgan fingerprint density at radius 3 is 3.12 bits per heavy atom. The quantitative estimate of drug-likeness (QED) is 0.766. The lowest BCUT2D eigenvalue weighted by Crippen LogP contribution is -2.02. The average Bonchev–Trinajstić information content (AvgIpc) is 2.96. The van der Waals surface area contributed by atoms with Gasteiger partial charge in [-0.05, 0) is 41.6 Å². The van der Waals surface area contributed by atoms with Crippen LogP contribution < -0.4 is 5.73 Å². The molecule has 2 heterocycles. The maximum atomic E-state index is 5.49. The zero-order chi connectivity index (χ0) is 11.7. The number of thiophene rings is 1. The molecule has 3 rings (SSSR count). The Balaban J connectivity index is 2.00. The topological polar surface area (TPSA) is 56.7 Å². The van der Waals surface area contributed by atoms with Gasteiger partial charge in [0.2, 0.25) is 0 Å². The normalized spacial score (nSPS) is 11.1. The zero-order valence-electron chi connectivity index (χ0n) is 9.21. The molecule has 0 aliphatic heterocycles. The van der Waals surface area contributed by atoms with Crippen LogP contribution >= 0.6 is 11.3 Å². The highest BCUT2D eigenvalue weighted by atomic mass is 32.1.